The van der Waals surface area contributed by atoms with Gasteiger partial charge < -0.3 is 19.7 Å². The van der Waals surface area contributed by atoms with E-state index in [1.54, 1.807) is 24.3 Å². The highest BCUT2D eigenvalue weighted by molar-refractivity contribution is 5.85. The molecule has 10 nitrogen and oxygen atoms in total. The number of nitrogens with one attached hydrogen (secondary N) is 1. The van der Waals surface area contributed by atoms with Crippen LogP contribution in [0.4, 0.5) is 14.6 Å². The summed E-state index contributed by atoms with van der Waals surface area (Å²) in [6, 6.07) is 7.00. The number of likely N-dealkylation sites (tertiary alicyclic amines) is 1. The molecule has 39 heavy (non-hydrogen) atoms. The van der Waals surface area contributed by atoms with Gasteiger partial charge in [-0.1, -0.05) is 12.1 Å². The van der Waals surface area contributed by atoms with Crippen LogP contribution < -0.4 is 4.90 Å². The number of alkyl halides is 2. The first-order valence-corrected chi connectivity index (χ1v) is 13.5. The molecule has 208 valence electrons. The van der Waals surface area contributed by atoms with E-state index < -0.39 is 17.3 Å². The maximum absolute atomic E-state index is 14.8. The van der Waals surface area contributed by atoms with E-state index in [-0.39, 0.29) is 11.9 Å². The van der Waals surface area contributed by atoms with E-state index in [1.807, 2.05) is 13.8 Å². The Kier molecular flexibility index (Phi) is 6.51. The second kappa shape index (κ2) is 9.76. The molecule has 2 fully saturated rings. The van der Waals surface area contributed by atoms with Gasteiger partial charge in [-0.15, -0.1) is 0 Å². The zero-order valence-electron chi connectivity index (χ0n) is 22.5. The molecule has 0 amide bonds. The Balaban J connectivity index is 1.41. The number of para-hydroxylation sites is 2. The number of ether oxygens (including phenoxy) is 1. The second-order valence-electron chi connectivity index (χ2n) is 11.2. The molecule has 2 aliphatic heterocycles. The third-order valence-corrected chi connectivity index (χ3v) is 7.79. The summed E-state index contributed by atoms with van der Waals surface area (Å²) in [5.41, 5.74) is 1.37. The summed E-state index contributed by atoms with van der Waals surface area (Å²) in [5, 5.41) is 10.4. The van der Waals surface area contributed by atoms with Crippen molar-refractivity contribution >= 4 is 28.0 Å². The number of morpholine rings is 1. The van der Waals surface area contributed by atoms with Crippen molar-refractivity contribution in [2.24, 2.45) is 5.92 Å². The van der Waals surface area contributed by atoms with Crippen LogP contribution in [0.1, 0.15) is 45.3 Å². The highest BCUT2D eigenvalue weighted by Gasteiger charge is 2.34. The molecule has 3 aromatic heterocycles. The predicted molar refractivity (Wildman–Crippen MR) is 143 cm³/mol. The lowest BCUT2D eigenvalue weighted by atomic mass is 9.83. The van der Waals surface area contributed by atoms with Crippen LogP contribution >= 0.6 is 0 Å². The summed E-state index contributed by atoms with van der Waals surface area (Å²) in [4.78, 5) is 26.3. The standard InChI is InChI=1S/C27H34F2N8O2/c1-26(2,38)17-8-10-35(11-9-17)16-20-31-21-22(32-20)33-25(34-23(21)36-12-14-39-15-13-36)37-19-7-5-4-6-18(19)30-24(37)27(3,28)29/h4-7,17,38H,8-16H2,1-3H3,(H,31,32,33,34). The molecule has 2 aliphatic rings. The monoisotopic (exact) mass is 540 g/mol. The van der Waals surface area contributed by atoms with Gasteiger partial charge in [-0.3, -0.25) is 9.47 Å². The highest BCUT2D eigenvalue weighted by atomic mass is 19.3. The number of nitrogens with zero attached hydrogens (tertiary/aromatic N) is 7. The van der Waals surface area contributed by atoms with E-state index in [4.69, 9.17) is 14.7 Å². The average molecular weight is 541 g/mol. The van der Waals surface area contributed by atoms with Crippen LogP contribution in [0.5, 0.6) is 0 Å². The van der Waals surface area contributed by atoms with E-state index in [0.717, 1.165) is 38.7 Å². The number of rotatable bonds is 6. The van der Waals surface area contributed by atoms with Crippen molar-refractivity contribution in [3.63, 3.8) is 0 Å². The number of anilines is 1. The number of H-pyrrole nitrogens is 1. The van der Waals surface area contributed by atoms with Crippen LogP contribution in [-0.4, -0.2) is 84.5 Å². The molecule has 0 unspecified atom stereocenters. The van der Waals surface area contributed by atoms with E-state index in [0.29, 0.717) is 60.9 Å². The number of aliphatic hydroxyl groups is 1. The zero-order chi connectivity index (χ0) is 27.4. The van der Waals surface area contributed by atoms with Gasteiger partial charge in [-0.25, -0.2) is 9.97 Å². The number of fused-ring (bicyclic) bond motifs is 2. The molecule has 2 saturated heterocycles. The quantitative estimate of drug-likeness (QED) is 0.382. The third-order valence-electron chi connectivity index (χ3n) is 7.79. The van der Waals surface area contributed by atoms with Crippen LogP contribution in [0.3, 0.4) is 0 Å². The van der Waals surface area contributed by atoms with Gasteiger partial charge >= 0.3 is 5.92 Å². The van der Waals surface area contributed by atoms with Gasteiger partial charge in [0.2, 0.25) is 5.95 Å². The van der Waals surface area contributed by atoms with Crippen molar-refractivity contribution in [3.05, 3.63) is 35.9 Å². The molecule has 4 aromatic rings. The van der Waals surface area contributed by atoms with Crippen molar-refractivity contribution < 1.29 is 18.6 Å². The Morgan fingerprint density at radius 1 is 1.00 bits per heavy atom. The highest BCUT2D eigenvalue weighted by Crippen LogP contribution is 2.33. The number of aromatic nitrogens is 6. The van der Waals surface area contributed by atoms with Crippen molar-refractivity contribution in [1.82, 2.24) is 34.4 Å². The van der Waals surface area contributed by atoms with Crippen molar-refractivity contribution in [2.75, 3.05) is 44.3 Å². The summed E-state index contributed by atoms with van der Waals surface area (Å²) in [6.45, 7) is 9.22. The number of imidazole rings is 2. The zero-order valence-corrected chi connectivity index (χ0v) is 22.5. The van der Waals surface area contributed by atoms with Gasteiger partial charge in [0.25, 0.3) is 0 Å². The Labute approximate surface area is 225 Å². The molecule has 0 atom stereocenters. The molecule has 6 rings (SSSR count). The molecule has 5 heterocycles. The fourth-order valence-corrected chi connectivity index (χ4v) is 5.63. The minimum atomic E-state index is -3.21. The second-order valence-corrected chi connectivity index (χ2v) is 11.2. The first-order chi connectivity index (χ1) is 18.6. The molecule has 0 aliphatic carbocycles. The minimum Gasteiger partial charge on any atom is -0.390 e. The number of piperidine rings is 1. The van der Waals surface area contributed by atoms with E-state index in [1.165, 1.54) is 4.57 Å². The van der Waals surface area contributed by atoms with E-state index in [2.05, 4.69) is 24.8 Å². The predicted octanol–water partition coefficient (Wildman–Crippen LogP) is 3.62. The number of hydrogen-bond donors (Lipinski definition) is 2. The van der Waals surface area contributed by atoms with Gasteiger partial charge in [0, 0.05) is 20.0 Å². The molecule has 0 saturated carbocycles. The molecular weight excluding hydrogens is 506 g/mol. The fraction of sp³-hybridized carbons (Fsp3) is 0.556. The van der Waals surface area contributed by atoms with E-state index >= 15 is 0 Å². The topological polar surface area (TPSA) is 108 Å². The van der Waals surface area contributed by atoms with Crippen molar-refractivity contribution in [2.45, 2.75) is 51.7 Å². The first kappa shape index (κ1) is 26.0. The summed E-state index contributed by atoms with van der Waals surface area (Å²) >= 11 is 0. The largest absolute Gasteiger partial charge is 0.390 e. The lowest BCUT2D eigenvalue weighted by molar-refractivity contribution is -0.0138. The molecule has 1 aromatic carbocycles. The van der Waals surface area contributed by atoms with Crippen LogP contribution in [0.25, 0.3) is 28.1 Å². The summed E-state index contributed by atoms with van der Waals surface area (Å²) < 4.78 is 36.4. The maximum atomic E-state index is 14.8. The normalized spacial score (nSPS) is 18.5. The fourth-order valence-electron chi connectivity index (χ4n) is 5.63. The molecular formula is C27H34F2N8O2. The van der Waals surface area contributed by atoms with Gasteiger partial charge in [-0.2, -0.15) is 18.7 Å². The van der Waals surface area contributed by atoms with E-state index in [9.17, 15) is 13.9 Å². The molecule has 0 radical (unpaired) electrons. The SMILES string of the molecule is CC(F)(F)c1nc2ccccc2n1-c1nc(N2CCOCC2)c2[nH]c(CN3CCC(C(C)(C)O)CC3)nc2n1. The van der Waals surface area contributed by atoms with Gasteiger partial charge in [0.15, 0.2) is 17.3 Å². The van der Waals surface area contributed by atoms with Crippen LogP contribution in [0.15, 0.2) is 24.3 Å². The molecule has 0 bridgehead atoms. The van der Waals surface area contributed by atoms with Gasteiger partial charge in [0.05, 0.1) is 36.4 Å². The van der Waals surface area contributed by atoms with Gasteiger partial charge in [-0.05, 0) is 57.8 Å². The first-order valence-electron chi connectivity index (χ1n) is 13.5. The Hall–Kier alpha value is -3.22. The molecule has 0 spiro atoms. The number of halogens is 2. The third kappa shape index (κ3) is 5.08. The molecule has 2 N–H and O–H groups in total. The lowest BCUT2D eigenvalue weighted by Gasteiger charge is -2.37. The van der Waals surface area contributed by atoms with Crippen molar-refractivity contribution in [3.8, 4) is 5.95 Å². The molecule has 12 heteroatoms. The number of hydrogen-bond acceptors (Lipinski definition) is 8. The van der Waals surface area contributed by atoms with Crippen molar-refractivity contribution in [1.29, 1.82) is 0 Å². The Bertz CT molecular complexity index is 1470. The van der Waals surface area contributed by atoms with Crippen LogP contribution in [0.2, 0.25) is 0 Å². The van der Waals surface area contributed by atoms with Crippen LogP contribution in [0, 0.1) is 5.92 Å². The number of aromatic amines is 1. The summed E-state index contributed by atoms with van der Waals surface area (Å²) in [5.74, 6) is -1.89. The lowest BCUT2D eigenvalue weighted by Crippen LogP contribution is -2.41. The van der Waals surface area contributed by atoms with Gasteiger partial charge in [0.1, 0.15) is 11.3 Å². The Morgan fingerprint density at radius 2 is 1.72 bits per heavy atom. The number of benzene rings is 1. The minimum absolute atomic E-state index is 0.109. The Morgan fingerprint density at radius 3 is 2.41 bits per heavy atom. The smallest absolute Gasteiger partial charge is 0.302 e. The summed E-state index contributed by atoms with van der Waals surface area (Å²) in [7, 11) is 0. The summed E-state index contributed by atoms with van der Waals surface area (Å²) in [6.07, 6.45) is 1.82. The van der Waals surface area contributed by atoms with Crippen LogP contribution in [-0.2, 0) is 17.2 Å². The maximum Gasteiger partial charge on any atom is 0.302 e. The average Bonchev–Trinajstić information content (AvgIpc) is 3.49.